The molecule has 1 aliphatic heterocycles. The zero-order chi connectivity index (χ0) is 18.6. The van der Waals surface area contributed by atoms with Gasteiger partial charge in [0.15, 0.2) is 11.5 Å². The molecule has 2 saturated carbocycles. The van der Waals surface area contributed by atoms with E-state index in [1.54, 1.807) is 0 Å². The van der Waals surface area contributed by atoms with Crippen LogP contribution in [0.3, 0.4) is 0 Å². The van der Waals surface area contributed by atoms with E-state index in [4.69, 9.17) is 16.0 Å². The van der Waals surface area contributed by atoms with Gasteiger partial charge in [0.25, 0.3) is 0 Å². The number of rotatable bonds is 3. The minimum absolute atomic E-state index is 0.157. The molecule has 5 rings (SSSR count). The highest BCUT2D eigenvalue weighted by molar-refractivity contribution is 7.99. The van der Waals surface area contributed by atoms with Crippen LogP contribution in [0, 0.1) is 10.8 Å². The number of fused-ring (bicyclic) bond motifs is 1. The zero-order valence-electron chi connectivity index (χ0n) is 15.6. The Morgan fingerprint density at radius 1 is 1.26 bits per heavy atom. The van der Waals surface area contributed by atoms with Gasteiger partial charge in [-0.2, -0.15) is 11.8 Å². The maximum Gasteiger partial charge on any atom is 0.226 e. The van der Waals surface area contributed by atoms with Crippen LogP contribution in [0.25, 0.3) is 11.1 Å². The Balaban J connectivity index is 1.15. The summed E-state index contributed by atoms with van der Waals surface area (Å²) in [6.45, 7) is 2.13. The van der Waals surface area contributed by atoms with Crippen LogP contribution in [-0.2, 0) is 4.79 Å². The first-order valence-electron chi connectivity index (χ1n) is 9.90. The summed E-state index contributed by atoms with van der Waals surface area (Å²) in [6.07, 6.45) is 6.45. The van der Waals surface area contributed by atoms with Crippen LogP contribution in [0.1, 0.15) is 57.3 Å². The van der Waals surface area contributed by atoms with Crippen molar-refractivity contribution in [1.29, 1.82) is 0 Å². The van der Waals surface area contributed by atoms with Crippen molar-refractivity contribution >= 4 is 40.4 Å². The van der Waals surface area contributed by atoms with E-state index in [1.807, 2.05) is 30.0 Å². The number of benzene rings is 1. The summed E-state index contributed by atoms with van der Waals surface area (Å²) in [5, 5.41) is 4.02. The molecular formula is C21H25ClN2O2S. The molecule has 0 bridgehead atoms. The molecule has 144 valence electrons. The van der Waals surface area contributed by atoms with Crippen LogP contribution in [0.2, 0.25) is 5.02 Å². The fraction of sp³-hybridized carbons (Fsp3) is 0.619. The van der Waals surface area contributed by atoms with Crippen molar-refractivity contribution in [3.8, 4) is 0 Å². The molecular weight excluding hydrogens is 380 g/mol. The van der Waals surface area contributed by atoms with E-state index in [-0.39, 0.29) is 11.3 Å². The Morgan fingerprint density at radius 2 is 2.00 bits per heavy atom. The van der Waals surface area contributed by atoms with E-state index < -0.39 is 0 Å². The lowest BCUT2D eigenvalue weighted by Crippen LogP contribution is -2.57. The van der Waals surface area contributed by atoms with E-state index in [0.29, 0.717) is 22.4 Å². The Labute approximate surface area is 168 Å². The highest BCUT2D eigenvalue weighted by atomic mass is 35.5. The van der Waals surface area contributed by atoms with Gasteiger partial charge in [0.1, 0.15) is 5.52 Å². The van der Waals surface area contributed by atoms with Crippen LogP contribution in [-0.4, -0.2) is 28.4 Å². The van der Waals surface area contributed by atoms with Crippen molar-refractivity contribution in [2.75, 3.05) is 11.5 Å². The lowest BCUT2D eigenvalue weighted by molar-refractivity contribution is -0.134. The van der Waals surface area contributed by atoms with E-state index in [2.05, 4.69) is 17.2 Å². The zero-order valence-corrected chi connectivity index (χ0v) is 17.2. The van der Waals surface area contributed by atoms with Crippen LogP contribution in [0.4, 0.5) is 0 Å². The molecule has 0 radical (unpaired) electrons. The van der Waals surface area contributed by atoms with E-state index in [0.717, 1.165) is 67.0 Å². The number of thioether (sulfide) groups is 1. The maximum atomic E-state index is 12.7. The van der Waals surface area contributed by atoms with E-state index in [9.17, 15) is 4.79 Å². The average molecular weight is 405 g/mol. The van der Waals surface area contributed by atoms with E-state index in [1.165, 1.54) is 0 Å². The fourth-order valence-electron chi connectivity index (χ4n) is 5.08. The van der Waals surface area contributed by atoms with Crippen molar-refractivity contribution in [3.05, 3.63) is 29.1 Å². The SMILES string of the molecule is CC1(C(=O)NC2CC3(C2)CC(c2nc4cc(Cl)ccc4o2)C3)CCSCC1. The second kappa shape index (κ2) is 6.41. The number of nitrogens with one attached hydrogen (secondary N) is 1. The molecule has 1 spiro atoms. The Hall–Kier alpha value is -1.20. The first-order valence-corrected chi connectivity index (χ1v) is 11.4. The highest BCUT2D eigenvalue weighted by Crippen LogP contribution is 2.62. The number of hydrogen-bond donors (Lipinski definition) is 1. The smallest absolute Gasteiger partial charge is 0.226 e. The number of oxazole rings is 1. The summed E-state index contributed by atoms with van der Waals surface area (Å²) in [7, 11) is 0. The predicted molar refractivity (Wildman–Crippen MR) is 109 cm³/mol. The molecule has 1 aromatic heterocycles. The van der Waals surface area contributed by atoms with Gasteiger partial charge in [0, 0.05) is 22.4 Å². The normalized spacial score (nSPS) is 32.1. The van der Waals surface area contributed by atoms with Crippen molar-refractivity contribution in [3.63, 3.8) is 0 Å². The quantitative estimate of drug-likeness (QED) is 0.767. The summed E-state index contributed by atoms with van der Waals surface area (Å²) >= 11 is 8.00. The van der Waals surface area contributed by atoms with Crippen molar-refractivity contribution in [2.45, 2.75) is 57.4 Å². The molecule has 1 amide bonds. The highest BCUT2D eigenvalue weighted by Gasteiger charge is 2.55. The van der Waals surface area contributed by atoms with Gasteiger partial charge in [-0.25, -0.2) is 4.98 Å². The minimum atomic E-state index is -0.157. The average Bonchev–Trinajstić information content (AvgIpc) is 2.98. The predicted octanol–water partition coefficient (Wildman–Crippen LogP) is 5.16. The summed E-state index contributed by atoms with van der Waals surface area (Å²) < 4.78 is 5.93. The van der Waals surface area contributed by atoms with Crippen LogP contribution in [0.15, 0.2) is 22.6 Å². The fourth-order valence-corrected chi connectivity index (χ4v) is 6.64. The molecule has 27 heavy (non-hydrogen) atoms. The summed E-state index contributed by atoms with van der Waals surface area (Å²) in [4.78, 5) is 17.3. The van der Waals surface area contributed by atoms with Crippen LogP contribution >= 0.6 is 23.4 Å². The van der Waals surface area contributed by atoms with Gasteiger partial charge in [-0.1, -0.05) is 18.5 Å². The lowest BCUT2D eigenvalue weighted by atomic mass is 9.50. The molecule has 2 heterocycles. The van der Waals surface area contributed by atoms with E-state index >= 15 is 0 Å². The summed E-state index contributed by atoms with van der Waals surface area (Å²) in [6, 6.07) is 5.94. The van der Waals surface area contributed by atoms with Gasteiger partial charge >= 0.3 is 0 Å². The van der Waals surface area contributed by atoms with Gasteiger partial charge in [-0.05, 0) is 73.6 Å². The molecule has 3 fully saturated rings. The van der Waals surface area contributed by atoms with Crippen LogP contribution in [0.5, 0.6) is 0 Å². The van der Waals surface area contributed by atoms with Gasteiger partial charge in [-0.15, -0.1) is 0 Å². The third-order valence-corrected chi connectivity index (χ3v) is 8.13. The molecule has 1 N–H and O–H groups in total. The van der Waals surface area contributed by atoms with Crippen LogP contribution < -0.4 is 5.32 Å². The molecule has 2 aromatic rings. The Bertz CT molecular complexity index is 875. The van der Waals surface area contributed by atoms with Crippen molar-refractivity contribution in [2.24, 2.45) is 10.8 Å². The van der Waals surface area contributed by atoms with Gasteiger partial charge in [-0.3, -0.25) is 4.79 Å². The molecule has 0 atom stereocenters. The number of carbonyl (C=O) groups is 1. The molecule has 6 heteroatoms. The summed E-state index contributed by atoms with van der Waals surface area (Å²) in [5.74, 6) is 3.74. The third-order valence-electron chi connectivity index (χ3n) is 6.91. The third kappa shape index (κ3) is 3.17. The largest absolute Gasteiger partial charge is 0.440 e. The first-order chi connectivity index (χ1) is 12.9. The molecule has 0 unspecified atom stereocenters. The molecule has 4 nitrogen and oxygen atoms in total. The Morgan fingerprint density at radius 3 is 2.74 bits per heavy atom. The topological polar surface area (TPSA) is 55.1 Å². The molecule has 2 aliphatic carbocycles. The van der Waals surface area contributed by atoms with Gasteiger partial charge < -0.3 is 9.73 Å². The summed E-state index contributed by atoms with van der Waals surface area (Å²) in [5.41, 5.74) is 1.89. The maximum absolute atomic E-state index is 12.7. The Kier molecular flexibility index (Phi) is 4.24. The number of halogens is 1. The van der Waals surface area contributed by atoms with Crippen molar-refractivity contribution in [1.82, 2.24) is 10.3 Å². The van der Waals surface area contributed by atoms with Gasteiger partial charge in [0.2, 0.25) is 5.91 Å². The second-order valence-electron chi connectivity index (χ2n) is 9.02. The number of aromatic nitrogens is 1. The number of carbonyl (C=O) groups excluding carboxylic acids is 1. The van der Waals surface area contributed by atoms with Crippen molar-refractivity contribution < 1.29 is 9.21 Å². The standard InChI is InChI=1S/C21H25ClN2O2S/c1-20(4-6-27-7-5-20)19(25)23-15-11-21(12-15)9-13(10-21)18-24-16-8-14(22)2-3-17(16)26-18/h2-3,8,13,15H,4-7,9-12H2,1H3,(H,23,25). The number of nitrogens with zero attached hydrogens (tertiary/aromatic N) is 1. The first kappa shape index (κ1) is 17.9. The lowest BCUT2D eigenvalue weighted by Gasteiger charge is -2.57. The monoisotopic (exact) mass is 404 g/mol. The second-order valence-corrected chi connectivity index (χ2v) is 10.7. The molecule has 1 saturated heterocycles. The number of hydrogen-bond acceptors (Lipinski definition) is 4. The number of amides is 1. The minimum Gasteiger partial charge on any atom is -0.440 e. The molecule has 1 aromatic carbocycles. The van der Waals surface area contributed by atoms with Gasteiger partial charge in [0.05, 0.1) is 0 Å². The molecule has 3 aliphatic rings.